The Bertz CT molecular complexity index is 1010. The highest BCUT2D eigenvalue weighted by molar-refractivity contribution is 8.01. The molecule has 160 valence electrons. The van der Waals surface area contributed by atoms with Crippen LogP contribution in [0.15, 0.2) is 41.9 Å². The largest absolute Gasteiger partial charge is 0.461 e. The van der Waals surface area contributed by atoms with E-state index in [1.807, 2.05) is 17.7 Å². The standard InChI is InChI=1S/C19H15F6N3S2/c1-2-3-12-8-11(6-7-26-12)17-27-16(10-29-17)14-5-4-13(28-30-19(23,24)25)9-15(14)18(20,21)22/h4-10,28H,2-3H2,1H3. The lowest BCUT2D eigenvalue weighted by Crippen LogP contribution is -2.09. The second-order valence-electron chi connectivity index (χ2n) is 6.23. The van der Waals surface area contributed by atoms with Gasteiger partial charge in [0.25, 0.3) is 0 Å². The molecule has 0 aliphatic heterocycles. The van der Waals surface area contributed by atoms with E-state index in [4.69, 9.17) is 0 Å². The summed E-state index contributed by atoms with van der Waals surface area (Å²) in [6, 6.07) is 6.51. The Hall–Kier alpha value is -2.27. The topological polar surface area (TPSA) is 37.8 Å². The fraction of sp³-hybridized carbons (Fsp3) is 0.263. The van der Waals surface area contributed by atoms with Gasteiger partial charge in [-0.1, -0.05) is 19.4 Å². The van der Waals surface area contributed by atoms with Crippen LogP contribution in [0.25, 0.3) is 21.8 Å². The van der Waals surface area contributed by atoms with Crippen LogP contribution in [0.4, 0.5) is 32.0 Å². The quantitative estimate of drug-likeness (QED) is 0.305. The van der Waals surface area contributed by atoms with Gasteiger partial charge in [0.05, 0.1) is 23.2 Å². The van der Waals surface area contributed by atoms with Crippen molar-refractivity contribution >= 4 is 29.0 Å². The minimum atomic E-state index is -4.76. The SMILES string of the molecule is CCCc1cc(-c2nc(-c3ccc(NSC(F)(F)F)cc3C(F)(F)F)cs2)ccn1. The number of alkyl halides is 6. The number of thiazole rings is 1. The van der Waals surface area contributed by atoms with Gasteiger partial charge in [-0.3, -0.25) is 4.98 Å². The summed E-state index contributed by atoms with van der Waals surface area (Å²) in [6.07, 6.45) is -1.46. The van der Waals surface area contributed by atoms with Crippen LogP contribution in [-0.2, 0) is 12.6 Å². The van der Waals surface area contributed by atoms with E-state index >= 15 is 0 Å². The molecule has 11 heteroatoms. The second-order valence-corrected chi connectivity index (χ2v) is 7.96. The Morgan fingerprint density at radius 3 is 2.50 bits per heavy atom. The summed E-state index contributed by atoms with van der Waals surface area (Å²) in [5.74, 6) is 0. The summed E-state index contributed by atoms with van der Waals surface area (Å²) >= 11 is 0.564. The fourth-order valence-electron chi connectivity index (χ4n) is 2.72. The lowest BCUT2D eigenvalue weighted by molar-refractivity contribution is -0.137. The van der Waals surface area contributed by atoms with Crippen LogP contribution < -0.4 is 4.72 Å². The average molecular weight is 463 g/mol. The predicted molar refractivity (Wildman–Crippen MR) is 107 cm³/mol. The summed E-state index contributed by atoms with van der Waals surface area (Å²) < 4.78 is 79.6. The molecular formula is C19H15F6N3S2. The predicted octanol–water partition coefficient (Wildman–Crippen LogP) is 7.42. The van der Waals surface area contributed by atoms with E-state index in [0.29, 0.717) is 11.1 Å². The normalized spacial score (nSPS) is 12.2. The Morgan fingerprint density at radius 2 is 1.83 bits per heavy atom. The van der Waals surface area contributed by atoms with E-state index in [2.05, 4.69) is 9.97 Å². The van der Waals surface area contributed by atoms with E-state index in [1.165, 1.54) is 16.7 Å². The van der Waals surface area contributed by atoms with Gasteiger partial charge < -0.3 is 4.72 Å². The zero-order valence-electron chi connectivity index (χ0n) is 15.4. The van der Waals surface area contributed by atoms with Crippen LogP contribution in [-0.4, -0.2) is 15.5 Å². The number of aryl methyl sites for hydroxylation is 1. The zero-order valence-corrected chi connectivity index (χ0v) is 17.1. The van der Waals surface area contributed by atoms with Crippen molar-refractivity contribution in [2.45, 2.75) is 31.5 Å². The molecule has 1 aromatic carbocycles. The third-order valence-corrected chi connectivity index (χ3v) is 5.42. The molecule has 0 spiro atoms. The van der Waals surface area contributed by atoms with Crippen molar-refractivity contribution in [2.24, 2.45) is 0 Å². The number of nitrogens with zero attached hydrogens (tertiary/aromatic N) is 2. The highest BCUT2D eigenvalue weighted by Gasteiger charge is 2.35. The molecule has 0 aliphatic carbocycles. The molecule has 3 aromatic rings. The van der Waals surface area contributed by atoms with Crippen molar-refractivity contribution in [3.63, 3.8) is 0 Å². The fourth-order valence-corrected chi connectivity index (χ4v) is 3.89. The maximum atomic E-state index is 13.6. The monoisotopic (exact) mass is 463 g/mol. The molecule has 0 saturated heterocycles. The summed E-state index contributed by atoms with van der Waals surface area (Å²) in [5, 5.41) is 2.03. The molecule has 3 rings (SSSR count). The number of benzene rings is 1. The minimum absolute atomic E-state index is 0.103. The molecule has 0 saturated carbocycles. The van der Waals surface area contributed by atoms with Crippen LogP contribution in [0.3, 0.4) is 0 Å². The van der Waals surface area contributed by atoms with Crippen LogP contribution in [0, 0.1) is 0 Å². The molecule has 0 radical (unpaired) electrons. The first kappa shape index (κ1) is 22.4. The third-order valence-electron chi connectivity index (χ3n) is 3.96. The van der Waals surface area contributed by atoms with Gasteiger partial charge in [0.15, 0.2) is 0 Å². The van der Waals surface area contributed by atoms with E-state index in [0.717, 1.165) is 36.2 Å². The lowest BCUT2D eigenvalue weighted by Gasteiger charge is -2.14. The van der Waals surface area contributed by atoms with Gasteiger partial charge in [-0.05, 0) is 30.7 Å². The number of pyridine rings is 1. The second kappa shape index (κ2) is 8.84. The van der Waals surface area contributed by atoms with Crippen LogP contribution >= 0.6 is 23.3 Å². The minimum Gasteiger partial charge on any atom is -0.323 e. The number of anilines is 1. The first-order valence-corrected chi connectivity index (χ1v) is 10.4. The summed E-state index contributed by atoms with van der Waals surface area (Å²) in [7, 11) is 0. The first-order chi connectivity index (χ1) is 14.1. The lowest BCUT2D eigenvalue weighted by atomic mass is 10.0. The molecule has 2 aromatic heterocycles. The molecule has 0 atom stereocenters. The van der Waals surface area contributed by atoms with Gasteiger partial charge in [0.1, 0.15) is 5.01 Å². The van der Waals surface area contributed by atoms with Crippen molar-refractivity contribution in [3.8, 4) is 21.8 Å². The summed E-state index contributed by atoms with van der Waals surface area (Å²) in [5.41, 5.74) is -4.47. The van der Waals surface area contributed by atoms with Crippen molar-refractivity contribution in [3.05, 3.63) is 53.2 Å². The molecule has 30 heavy (non-hydrogen) atoms. The van der Waals surface area contributed by atoms with Crippen LogP contribution in [0.5, 0.6) is 0 Å². The molecule has 1 N–H and O–H groups in total. The average Bonchev–Trinajstić information content (AvgIpc) is 3.15. The Balaban J connectivity index is 1.95. The van der Waals surface area contributed by atoms with E-state index < -0.39 is 29.2 Å². The molecule has 0 fully saturated rings. The molecule has 0 amide bonds. The Morgan fingerprint density at radius 1 is 1.07 bits per heavy atom. The third kappa shape index (κ3) is 5.66. The zero-order chi connectivity index (χ0) is 21.9. The highest BCUT2D eigenvalue weighted by atomic mass is 32.2. The maximum absolute atomic E-state index is 13.6. The Kier molecular flexibility index (Phi) is 6.61. The number of hydrogen-bond acceptors (Lipinski definition) is 5. The van der Waals surface area contributed by atoms with Gasteiger partial charge in [-0.25, -0.2) is 4.98 Å². The van der Waals surface area contributed by atoms with E-state index in [-0.39, 0.29) is 16.9 Å². The number of rotatable bonds is 6. The van der Waals surface area contributed by atoms with Gasteiger partial charge >= 0.3 is 11.7 Å². The van der Waals surface area contributed by atoms with E-state index in [1.54, 1.807) is 12.3 Å². The van der Waals surface area contributed by atoms with Crippen molar-refractivity contribution in [1.29, 1.82) is 0 Å². The molecule has 0 unspecified atom stereocenters. The smallest absolute Gasteiger partial charge is 0.323 e. The number of nitrogens with one attached hydrogen (secondary N) is 1. The molecular weight excluding hydrogens is 448 g/mol. The van der Waals surface area contributed by atoms with Crippen molar-refractivity contribution < 1.29 is 26.3 Å². The number of hydrogen-bond donors (Lipinski definition) is 1. The van der Waals surface area contributed by atoms with Crippen molar-refractivity contribution in [1.82, 2.24) is 9.97 Å². The molecule has 2 heterocycles. The number of halogens is 6. The van der Waals surface area contributed by atoms with Gasteiger partial charge in [-0.2, -0.15) is 26.3 Å². The summed E-state index contributed by atoms with van der Waals surface area (Å²) in [4.78, 5) is 8.58. The first-order valence-electron chi connectivity index (χ1n) is 8.70. The van der Waals surface area contributed by atoms with Crippen LogP contribution in [0.2, 0.25) is 0 Å². The molecule has 3 nitrogen and oxygen atoms in total. The molecule has 0 bridgehead atoms. The molecule has 0 aliphatic rings. The maximum Gasteiger partial charge on any atom is 0.461 e. The van der Waals surface area contributed by atoms with Gasteiger partial charge in [-0.15, -0.1) is 11.3 Å². The van der Waals surface area contributed by atoms with Gasteiger partial charge in [0.2, 0.25) is 0 Å². The van der Waals surface area contributed by atoms with E-state index in [9.17, 15) is 26.3 Å². The van der Waals surface area contributed by atoms with Gasteiger partial charge in [0, 0.05) is 34.1 Å². The summed E-state index contributed by atoms with van der Waals surface area (Å²) in [6.45, 7) is 2.01. The van der Waals surface area contributed by atoms with Crippen LogP contribution in [0.1, 0.15) is 24.6 Å². The Labute approximate surface area is 176 Å². The number of aromatic nitrogens is 2. The van der Waals surface area contributed by atoms with Crippen molar-refractivity contribution in [2.75, 3.05) is 4.72 Å². The highest BCUT2D eigenvalue weighted by Crippen LogP contribution is 2.41.